The maximum Gasteiger partial charge on any atom is 0.254 e. The molecule has 0 saturated carbocycles. The van der Waals surface area contributed by atoms with E-state index in [2.05, 4.69) is 0 Å². The van der Waals surface area contributed by atoms with Gasteiger partial charge in [-0.2, -0.15) is 10.5 Å². The molecule has 1 aromatic carbocycles. The van der Waals surface area contributed by atoms with Crippen LogP contribution in [0.25, 0.3) is 0 Å². The molecule has 6 heteroatoms. The summed E-state index contributed by atoms with van der Waals surface area (Å²) in [5.74, 6) is -0.282. The molecule has 1 amide bonds. The van der Waals surface area contributed by atoms with Crippen molar-refractivity contribution >= 4 is 29.1 Å². The molecule has 1 aromatic rings. The van der Waals surface area contributed by atoms with E-state index in [0.29, 0.717) is 15.6 Å². The molecule has 0 spiro atoms. The Morgan fingerprint density at radius 1 is 1.05 bits per heavy atom. The summed E-state index contributed by atoms with van der Waals surface area (Å²) in [6.07, 6.45) is 0.428. The number of rotatable bonds is 5. The lowest BCUT2D eigenvalue weighted by Gasteiger charge is -2.20. The molecule has 19 heavy (non-hydrogen) atoms. The number of amides is 1. The summed E-state index contributed by atoms with van der Waals surface area (Å²) in [6.45, 7) is 0.558. The van der Waals surface area contributed by atoms with Gasteiger partial charge in [0.2, 0.25) is 0 Å². The van der Waals surface area contributed by atoms with E-state index in [1.807, 2.05) is 12.1 Å². The highest BCUT2D eigenvalue weighted by Crippen LogP contribution is 2.20. The fourth-order valence-electron chi connectivity index (χ4n) is 1.54. The second-order valence-corrected chi connectivity index (χ2v) is 4.64. The topological polar surface area (TPSA) is 67.9 Å². The first-order valence-electron chi connectivity index (χ1n) is 5.57. The zero-order chi connectivity index (χ0) is 14.3. The smallest absolute Gasteiger partial charge is 0.254 e. The molecule has 1 rings (SSSR count). The molecular formula is C13H11Cl2N3O. The van der Waals surface area contributed by atoms with Crippen molar-refractivity contribution in [1.29, 1.82) is 10.5 Å². The Bertz CT molecular complexity index is 508. The van der Waals surface area contributed by atoms with Gasteiger partial charge in [0.25, 0.3) is 5.91 Å². The Balaban J connectivity index is 2.91. The Kier molecular flexibility index (Phi) is 6.15. The lowest BCUT2D eigenvalue weighted by molar-refractivity contribution is 0.0762. The van der Waals surface area contributed by atoms with E-state index in [9.17, 15) is 4.79 Å². The van der Waals surface area contributed by atoms with Crippen LogP contribution in [0.4, 0.5) is 0 Å². The Morgan fingerprint density at radius 3 is 1.95 bits per heavy atom. The van der Waals surface area contributed by atoms with Crippen molar-refractivity contribution in [3.05, 3.63) is 33.8 Å². The fraction of sp³-hybridized carbons (Fsp3) is 0.308. The van der Waals surface area contributed by atoms with Gasteiger partial charge in [-0.25, -0.2) is 0 Å². The Hall–Kier alpha value is -1.75. The summed E-state index contributed by atoms with van der Waals surface area (Å²) >= 11 is 11.7. The summed E-state index contributed by atoms with van der Waals surface area (Å²) in [6, 6.07) is 8.52. The Labute approximate surface area is 121 Å². The predicted octanol–water partition coefficient (Wildman–Crippen LogP) is 3.26. The predicted molar refractivity (Wildman–Crippen MR) is 72.8 cm³/mol. The van der Waals surface area contributed by atoms with Crippen molar-refractivity contribution in [2.24, 2.45) is 0 Å². The van der Waals surface area contributed by atoms with E-state index in [-0.39, 0.29) is 31.8 Å². The molecule has 0 N–H and O–H groups in total. The van der Waals surface area contributed by atoms with E-state index in [1.54, 1.807) is 0 Å². The first-order chi connectivity index (χ1) is 9.08. The minimum Gasteiger partial charge on any atom is -0.337 e. The average Bonchev–Trinajstić information content (AvgIpc) is 2.37. The largest absolute Gasteiger partial charge is 0.337 e. The first-order valence-corrected chi connectivity index (χ1v) is 6.33. The lowest BCUT2D eigenvalue weighted by Crippen LogP contribution is -2.32. The van der Waals surface area contributed by atoms with Crippen LogP contribution in [0.15, 0.2) is 18.2 Å². The van der Waals surface area contributed by atoms with E-state index in [4.69, 9.17) is 33.7 Å². The summed E-state index contributed by atoms with van der Waals surface area (Å²) in [5, 5.41) is 17.9. The van der Waals surface area contributed by atoms with Crippen molar-refractivity contribution in [2.75, 3.05) is 13.1 Å². The van der Waals surface area contributed by atoms with Gasteiger partial charge in [0, 0.05) is 28.7 Å². The van der Waals surface area contributed by atoms with E-state index in [0.717, 1.165) is 0 Å². The van der Waals surface area contributed by atoms with Crippen LogP contribution in [0.3, 0.4) is 0 Å². The molecule has 0 radical (unpaired) electrons. The molecule has 0 aromatic heterocycles. The van der Waals surface area contributed by atoms with Gasteiger partial charge >= 0.3 is 0 Å². The van der Waals surface area contributed by atoms with Gasteiger partial charge in [0.1, 0.15) is 0 Å². The van der Waals surface area contributed by atoms with Gasteiger partial charge in [0.05, 0.1) is 25.0 Å². The van der Waals surface area contributed by atoms with Gasteiger partial charge in [-0.05, 0) is 18.2 Å². The van der Waals surface area contributed by atoms with Gasteiger partial charge in [-0.15, -0.1) is 0 Å². The summed E-state index contributed by atoms with van der Waals surface area (Å²) in [7, 11) is 0. The van der Waals surface area contributed by atoms with Crippen molar-refractivity contribution < 1.29 is 4.79 Å². The SMILES string of the molecule is N#CCCN(CCC#N)C(=O)c1cc(Cl)cc(Cl)c1. The number of carbonyl (C=O) groups is 1. The molecule has 0 fully saturated rings. The van der Waals surface area contributed by atoms with Crippen molar-refractivity contribution in [3.8, 4) is 12.1 Å². The third-order valence-corrected chi connectivity index (χ3v) is 2.82. The van der Waals surface area contributed by atoms with Crippen LogP contribution in [-0.4, -0.2) is 23.9 Å². The zero-order valence-electron chi connectivity index (χ0n) is 10.1. The summed E-state index contributed by atoms with van der Waals surface area (Å²) in [5.41, 5.74) is 0.355. The van der Waals surface area contributed by atoms with Crippen LogP contribution >= 0.6 is 23.2 Å². The van der Waals surface area contributed by atoms with Gasteiger partial charge < -0.3 is 4.90 Å². The van der Waals surface area contributed by atoms with Crippen molar-refractivity contribution in [1.82, 2.24) is 4.90 Å². The van der Waals surface area contributed by atoms with E-state index >= 15 is 0 Å². The molecule has 0 aliphatic heterocycles. The number of nitriles is 2. The van der Waals surface area contributed by atoms with Crippen LogP contribution in [0.5, 0.6) is 0 Å². The van der Waals surface area contributed by atoms with Gasteiger partial charge in [0.15, 0.2) is 0 Å². The van der Waals surface area contributed by atoms with Crippen molar-refractivity contribution in [3.63, 3.8) is 0 Å². The fourth-order valence-corrected chi connectivity index (χ4v) is 2.07. The lowest BCUT2D eigenvalue weighted by atomic mass is 10.2. The number of hydrogen-bond acceptors (Lipinski definition) is 3. The van der Waals surface area contributed by atoms with Crippen LogP contribution in [-0.2, 0) is 0 Å². The first kappa shape index (κ1) is 15.3. The minimum atomic E-state index is -0.282. The highest BCUT2D eigenvalue weighted by atomic mass is 35.5. The number of carbonyl (C=O) groups excluding carboxylic acids is 1. The minimum absolute atomic E-state index is 0.214. The second-order valence-electron chi connectivity index (χ2n) is 3.77. The molecule has 98 valence electrons. The monoisotopic (exact) mass is 295 g/mol. The molecule has 0 heterocycles. The van der Waals surface area contributed by atoms with Crippen LogP contribution in [0, 0.1) is 22.7 Å². The molecular weight excluding hydrogens is 285 g/mol. The van der Waals surface area contributed by atoms with Gasteiger partial charge in [-0.1, -0.05) is 23.2 Å². The third kappa shape index (κ3) is 4.79. The third-order valence-electron chi connectivity index (χ3n) is 2.38. The maximum atomic E-state index is 12.3. The number of halogens is 2. The zero-order valence-corrected chi connectivity index (χ0v) is 11.6. The highest BCUT2D eigenvalue weighted by molar-refractivity contribution is 6.35. The standard InChI is InChI=1S/C13H11Cl2N3O/c14-11-7-10(8-12(15)9-11)13(19)18(5-1-3-16)6-2-4-17/h7-9H,1-2,5-6H2. The molecule has 0 aliphatic carbocycles. The summed E-state index contributed by atoms with van der Waals surface area (Å²) in [4.78, 5) is 13.7. The van der Waals surface area contributed by atoms with Gasteiger partial charge in [-0.3, -0.25) is 4.79 Å². The average molecular weight is 296 g/mol. The number of nitrogens with zero attached hydrogens (tertiary/aromatic N) is 3. The summed E-state index contributed by atoms with van der Waals surface area (Å²) < 4.78 is 0. The number of hydrogen-bond donors (Lipinski definition) is 0. The normalized spacial score (nSPS) is 9.47. The van der Waals surface area contributed by atoms with Crippen LogP contribution in [0.2, 0.25) is 10.0 Å². The molecule has 0 unspecified atom stereocenters. The van der Waals surface area contributed by atoms with E-state index in [1.165, 1.54) is 23.1 Å². The van der Waals surface area contributed by atoms with Crippen LogP contribution < -0.4 is 0 Å². The quantitative estimate of drug-likeness (QED) is 0.837. The molecule has 0 saturated heterocycles. The maximum absolute atomic E-state index is 12.3. The molecule has 0 atom stereocenters. The highest BCUT2D eigenvalue weighted by Gasteiger charge is 2.16. The number of benzene rings is 1. The molecule has 0 bridgehead atoms. The Morgan fingerprint density at radius 2 is 1.53 bits per heavy atom. The molecule has 4 nitrogen and oxygen atoms in total. The second kappa shape index (κ2) is 7.63. The van der Waals surface area contributed by atoms with Crippen LogP contribution in [0.1, 0.15) is 23.2 Å². The molecule has 0 aliphatic rings. The van der Waals surface area contributed by atoms with E-state index < -0.39 is 0 Å². The van der Waals surface area contributed by atoms with Crippen molar-refractivity contribution in [2.45, 2.75) is 12.8 Å².